The van der Waals surface area contributed by atoms with Gasteiger partial charge in [-0.05, 0) is 83.9 Å². The number of aliphatic imine (C=N–C) groups is 1. The van der Waals surface area contributed by atoms with Crippen LogP contribution in [-0.2, 0) is 14.3 Å². The molecule has 248 valence electrons. The molecular formula is C34H47N7O5. The van der Waals surface area contributed by atoms with Crippen molar-refractivity contribution in [2.45, 2.75) is 90.2 Å². The van der Waals surface area contributed by atoms with Gasteiger partial charge in [-0.1, -0.05) is 13.3 Å². The van der Waals surface area contributed by atoms with E-state index in [0.717, 1.165) is 38.6 Å². The van der Waals surface area contributed by atoms with Crippen molar-refractivity contribution in [3.8, 4) is 5.88 Å². The average molecular weight is 634 g/mol. The Bertz CT molecular complexity index is 1560. The third-order valence-electron chi connectivity index (χ3n) is 9.81. The lowest BCUT2D eigenvalue weighted by Crippen LogP contribution is -2.45. The molecule has 3 heterocycles. The van der Waals surface area contributed by atoms with Crippen LogP contribution in [0.4, 0.5) is 11.5 Å². The van der Waals surface area contributed by atoms with Crippen LogP contribution in [0.15, 0.2) is 33.7 Å². The van der Waals surface area contributed by atoms with Crippen LogP contribution in [0.5, 0.6) is 5.88 Å². The van der Waals surface area contributed by atoms with E-state index in [1.54, 1.807) is 22.9 Å². The highest BCUT2D eigenvalue weighted by molar-refractivity contribution is 6.17. The number of hydrogen-bond acceptors (Lipinski definition) is 11. The van der Waals surface area contributed by atoms with Crippen molar-refractivity contribution in [3.05, 3.63) is 45.6 Å². The van der Waals surface area contributed by atoms with Crippen molar-refractivity contribution >= 4 is 35.0 Å². The van der Waals surface area contributed by atoms with E-state index < -0.39 is 5.41 Å². The van der Waals surface area contributed by atoms with E-state index in [9.17, 15) is 14.4 Å². The first-order valence-corrected chi connectivity index (χ1v) is 16.5. The van der Waals surface area contributed by atoms with Crippen molar-refractivity contribution in [2.24, 2.45) is 22.1 Å². The van der Waals surface area contributed by atoms with Crippen molar-refractivity contribution in [2.75, 3.05) is 32.5 Å². The van der Waals surface area contributed by atoms with Gasteiger partial charge in [-0.3, -0.25) is 14.4 Å². The first-order valence-electron chi connectivity index (χ1n) is 16.5. The molecule has 1 spiro atoms. The second-order valence-electron chi connectivity index (χ2n) is 12.9. The summed E-state index contributed by atoms with van der Waals surface area (Å²) in [6.07, 6.45) is 10.0. The number of carbonyl (C=O) groups excluding carboxylic acids is 2. The topological polar surface area (TPSA) is 177 Å². The number of aromatic nitrogens is 3. The zero-order valence-electron chi connectivity index (χ0n) is 27.2. The average Bonchev–Trinajstić information content (AvgIpc) is 3.59. The number of ketones is 2. The first-order chi connectivity index (χ1) is 22.1. The molecule has 1 aliphatic heterocycles. The van der Waals surface area contributed by atoms with E-state index in [0.29, 0.717) is 56.5 Å². The number of ether oxygens (including phenoxy) is 2. The molecule has 12 nitrogen and oxygen atoms in total. The monoisotopic (exact) mass is 633 g/mol. The first kappa shape index (κ1) is 33.5. The molecule has 12 heteroatoms. The fraction of sp³-hybridized carbons (Fsp3) is 0.588. The van der Waals surface area contributed by atoms with Gasteiger partial charge in [0, 0.05) is 42.6 Å². The summed E-state index contributed by atoms with van der Waals surface area (Å²) >= 11 is 0. The molecule has 3 aliphatic rings. The maximum Gasteiger partial charge on any atom is 0.274 e. The van der Waals surface area contributed by atoms with E-state index in [-0.39, 0.29) is 64.1 Å². The van der Waals surface area contributed by atoms with Crippen LogP contribution in [0.2, 0.25) is 0 Å². The Morgan fingerprint density at radius 3 is 2.76 bits per heavy atom. The smallest absolute Gasteiger partial charge is 0.274 e. The molecule has 5 rings (SSSR count). The van der Waals surface area contributed by atoms with Crippen molar-refractivity contribution in [1.29, 1.82) is 0 Å². The molecule has 2 aliphatic carbocycles. The Hall–Kier alpha value is -3.90. The van der Waals surface area contributed by atoms with Gasteiger partial charge in [0.15, 0.2) is 17.4 Å². The van der Waals surface area contributed by atoms with Crippen LogP contribution >= 0.6 is 0 Å². The molecule has 2 saturated carbocycles. The Balaban J connectivity index is 1.49. The Kier molecular flexibility index (Phi) is 10.7. The molecular weight excluding hydrogens is 586 g/mol. The molecule has 0 amide bonds. The third-order valence-corrected chi connectivity index (χ3v) is 9.81. The second-order valence-corrected chi connectivity index (χ2v) is 12.9. The number of carbonyl (C=O) groups is 2. The molecule has 1 unspecified atom stereocenters. The summed E-state index contributed by atoms with van der Waals surface area (Å²) in [5.41, 5.74) is 12.7. The summed E-state index contributed by atoms with van der Waals surface area (Å²) in [6, 6.07) is 3.30. The van der Waals surface area contributed by atoms with Crippen molar-refractivity contribution in [3.63, 3.8) is 0 Å². The minimum absolute atomic E-state index is 0.0121. The number of rotatable bonds is 11. The number of nitrogens with one attached hydrogen (secondary N) is 1. The van der Waals surface area contributed by atoms with Gasteiger partial charge in [0.05, 0.1) is 23.8 Å². The molecule has 0 bridgehead atoms. The largest absolute Gasteiger partial charge is 0.474 e. The number of nitrogen functional groups attached to an aromatic ring is 1. The van der Waals surface area contributed by atoms with E-state index in [2.05, 4.69) is 27.2 Å². The van der Waals surface area contributed by atoms with Gasteiger partial charge in [0.2, 0.25) is 5.88 Å². The van der Waals surface area contributed by atoms with Gasteiger partial charge in [-0.2, -0.15) is 4.98 Å². The fourth-order valence-electron chi connectivity index (χ4n) is 6.73. The maximum atomic E-state index is 13.9. The Morgan fingerprint density at radius 1 is 1.22 bits per heavy atom. The Morgan fingerprint density at radius 2 is 2.02 bits per heavy atom. The van der Waals surface area contributed by atoms with Gasteiger partial charge in [-0.25, -0.2) is 9.98 Å². The predicted octanol–water partition coefficient (Wildman–Crippen LogP) is 3.89. The van der Waals surface area contributed by atoms with Gasteiger partial charge in [0.1, 0.15) is 17.6 Å². The highest BCUT2D eigenvalue weighted by Crippen LogP contribution is 2.45. The molecule has 46 heavy (non-hydrogen) atoms. The number of allylic oxidation sites excluding steroid dienone is 1. The van der Waals surface area contributed by atoms with E-state index >= 15 is 0 Å². The summed E-state index contributed by atoms with van der Waals surface area (Å²) in [5.74, 6) is 0.672. The minimum Gasteiger partial charge on any atom is -0.474 e. The molecule has 5 N–H and O–H groups in total. The number of Topliss-reactive ketones (excluding diaryl/α,β-unsaturated/α-hetero) is 2. The normalized spacial score (nSPS) is 24.5. The predicted molar refractivity (Wildman–Crippen MR) is 177 cm³/mol. The summed E-state index contributed by atoms with van der Waals surface area (Å²) in [5, 5.41) is 3.17. The number of pyridine rings is 1. The SMILES string of the molecule is CNCCCC(C)[C@H](C)Oc1cc(/N=C/c2ccn([C@H]3CCOC3)c(=O)c2N)nc(/C(N)=C2\CCC[C@@]3(CCCCC3=O)C2=O)n1. The van der Waals surface area contributed by atoms with Crippen LogP contribution in [0.3, 0.4) is 0 Å². The standard InChI is InChI=1S/C34H47N7O5/c1-21(8-7-15-37-3)22(2)46-28-18-27(38-19-23-11-16-41(33(44)29(23)35)24-12-17-45-20-24)39-32(40-28)30(36)25-9-6-14-34(31(25)43)13-5-4-10-26(34)42/h11,16,18-19,21-22,24,37H,4-10,12-15,17,20,35-36H2,1-3H3/b30-25-,38-19+/t21?,22-,24-,34+/m0/s1. The zero-order chi connectivity index (χ0) is 32.8. The quantitative estimate of drug-likeness (QED) is 0.142. The fourth-order valence-corrected chi connectivity index (χ4v) is 6.73. The van der Waals surface area contributed by atoms with E-state index in [1.165, 1.54) is 6.21 Å². The van der Waals surface area contributed by atoms with Crippen molar-refractivity contribution < 1.29 is 19.1 Å². The van der Waals surface area contributed by atoms with Crippen LogP contribution in [0.1, 0.15) is 95.5 Å². The number of nitrogens with zero attached hydrogens (tertiary/aromatic N) is 4. The van der Waals surface area contributed by atoms with Crippen LogP contribution < -0.4 is 27.1 Å². The van der Waals surface area contributed by atoms with E-state index in [4.69, 9.17) is 20.9 Å². The summed E-state index contributed by atoms with van der Waals surface area (Å²) in [6.45, 7) is 6.11. The number of nitrogens with two attached hydrogens (primary N) is 2. The molecule has 0 aromatic carbocycles. The zero-order valence-corrected chi connectivity index (χ0v) is 27.2. The lowest BCUT2D eigenvalue weighted by molar-refractivity contribution is -0.143. The summed E-state index contributed by atoms with van der Waals surface area (Å²) in [4.78, 5) is 53.7. The second kappa shape index (κ2) is 14.7. The highest BCUT2D eigenvalue weighted by Gasteiger charge is 2.49. The van der Waals surface area contributed by atoms with Crippen LogP contribution in [-0.4, -0.2) is 65.2 Å². The van der Waals surface area contributed by atoms with Gasteiger partial charge >= 0.3 is 0 Å². The van der Waals surface area contributed by atoms with Crippen molar-refractivity contribution in [1.82, 2.24) is 19.9 Å². The van der Waals surface area contributed by atoms with E-state index in [1.807, 2.05) is 14.0 Å². The third kappa shape index (κ3) is 7.07. The Labute approximate surface area is 270 Å². The summed E-state index contributed by atoms with van der Waals surface area (Å²) < 4.78 is 13.3. The molecule has 0 radical (unpaired) electrons. The molecule has 4 atom stereocenters. The van der Waals surface area contributed by atoms with Crippen LogP contribution in [0, 0.1) is 11.3 Å². The molecule has 3 fully saturated rings. The van der Waals surface area contributed by atoms with Gasteiger partial charge < -0.3 is 30.8 Å². The van der Waals surface area contributed by atoms with Gasteiger partial charge in [-0.15, -0.1) is 0 Å². The maximum absolute atomic E-state index is 13.9. The lowest BCUT2D eigenvalue weighted by atomic mass is 9.62. The molecule has 2 aromatic rings. The van der Waals surface area contributed by atoms with Crippen LogP contribution in [0.25, 0.3) is 5.70 Å². The molecule has 1 saturated heterocycles. The van der Waals surface area contributed by atoms with Gasteiger partial charge in [0.25, 0.3) is 5.56 Å². The lowest BCUT2D eigenvalue weighted by Gasteiger charge is -2.38. The number of hydrogen-bond donors (Lipinski definition) is 3. The number of anilines is 1. The minimum atomic E-state index is -0.995. The highest BCUT2D eigenvalue weighted by atomic mass is 16.5. The summed E-state index contributed by atoms with van der Waals surface area (Å²) in [7, 11) is 1.93. The molecule has 2 aromatic heterocycles.